The molecule has 0 radical (unpaired) electrons. The number of aryl methyl sites for hydroxylation is 1. The number of rotatable bonds is 5. The van der Waals surface area contributed by atoms with Crippen molar-refractivity contribution in [3.05, 3.63) is 60.4 Å². The zero-order valence-corrected chi connectivity index (χ0v) is 16.7. The van der Waals surface area contributed by atoms with Crippen LogP contribution in [0.15, 0.2) is 54.7 Å². The number of ether oxygens (including phenoxy) is 1. The van der Waals surface area contributed by atoms with E-state index in [0.717, 1.165) is 12.8 Å². The maximum Gasteiger partial charge on any atom is 0.255 e. The predicted octanol–water partition coefficient (Wildman–Crippen LogP) is 5.96. The number of nitrogens with zero attached hydrogens (tertiary/aromatic N) is 2. The maximum atomic E-state index is 13.1. The van der Waals surface area contributed by atoms with Gasteiger partial charge in [-0.05, 0) is 69.7 Å². The van der Waals surface area contributed by atoms with E-state index in [1.54, 1.807) is 0 Å². The number of aromatic nitrogens is 1. The molecule has 0 bridgehead atoms. The van der Waals surface area contributed by atoms with Crippen molar-refractivity contribution in [3.8, 4) is 0 Å². The van der Waals surface area contributed by atoms with Gasteiger partial charge in [-0.25, -0.2) is 8.78 Å². The van der Waals surface area contributed by atoms with Crippen molar-refractivity contribution in [1.29, 1.82) is 0 Å². The van der Waals surface area contributed by atoms with Gasteiger partial charge in [0.15, 0.2) is 0 Å². The Morgan fingerprint density at radius 3 is 2.54 bits per heavy atom. The van der Waals surface area contributed by atoms with Crippen LogP contribution in [-0.4, -0.2) is 27.5 Å². The molecule has 28 heavy (non-hydrogen) atoms. The minimum Gasteiger partial charge on any atom is -0.488 e. The van der Waals surface area contributed by atoms with Crippen molar-refractivity contribution in [1.82, 2.24) is 9.47 Å². The molecule has 152 valence electrons. The van der Waals surface area contributed by atoms with E-state index >= 15 is 0 Å². The van der Waals surface area contributed by atoms with Crippen LogP contribution < -0.4 is 0 Å². The van der Waals surface area contributed by atoms with Crippen LogP contribution in [0.3, 0.4) is 0 Å². The highest BCUT2D eigenvalue weighted by atomic mass is 19.3. The molecule has 4 rings (SSSR count). The first kappa shape index (κ1) is 19.3. The summed E-state index contributed by atoms with van der Waals surface area (Å²) in [6.45, 7) is 4.50. The van der Waals surface area contributed by atoms with Crippen LogP contribution in [0.1, 0.15) is 57.2 Å². The van der Waals surface area contributed by atoms with Gasteiger partial charge >= 0.3 is 0 Å². The highest BCUT2D eigenvalue weighted by Crippen LogP contribution is 2.41. The second-order valence-corrected chi connectivity index (χ2v) is 8.55. The molecule has 0 N–H and O–H groups in total. The van der Waals surface area contributed by atoms with E-state index in [1.165, 1.54) is 18.5 Å². The van der Waals surface area contributed by atoms with Crippen LogP contribution in [0.25, 0.3) is 0 Å². The molecular weight excluding hydrogens is 358 g/mol. The van der Waals surface area contributed by atoms with E-state index < -0.39 is 5.92 Å². The Bertz CT molecular complexity index is 763. The minimum atomic E-state index is -2.55. The van der Waals surface area contributed by atoms with Gasteiger partial charge in [-0.1, -0.05) is 6.08 Å². The van der Waals surface area contributed by atoms with Crippen molar-refractivity contribution in [2.45, 2.75) is 76.5 Å². The molecule has 0 aromatic carbocycles. The fraction of sp³-hybridized carbons (Fsp3) is 0.565. The summed E-state index contributed by atoms with van der Waals surface area (Å²) < 4.78 is 34.3. The smallest absolute Gasteiger partial charge is 0.255 e. The first-order chi connectivity index (χ1) is 13.4. The summed E-state index contributed by atoms with van der Waals surface area (Å²) in [6, 6.07) is 5.25. The van der Waals surface area contributed by atoms with E-state index in [4.69, 9.17) is 4.74 Å². The van der Waals surface area contributed by atoms with Gasteiger partial charge in [-0.2, -0.15) is 0 Å². The Morgan fingerprint density at radius 2 is 1.89 bits per heavy atom. The summed E-state index contributed by atoms with van der Waals surface area (Å²) in [6.07, 6.45) is 16.0. The number of allylic oxidation sites excluding steroid dienone is 3. The van der Waals surface area contributed by atoms with Gasteiger partial charge in [0.25, 0.3) is 5.92 Å². The summed E-state index contributed by atoms with van der Waals surface area (Å²) in [5, 5.41) is 0. The van der Waals surface area contributed by atoms with E-state index in [9.17, 15) is 8.78 Å². The van der Waals surface area contributed by atoms with Gasteiger partial charge in [0.05, 0.1) is 0 Å². The van der Waals surface area contributed by atoms with Gasteiger partial charge < -0.3 is 14.2 Å². The van der Waals surface area contributed by atoms with E-state index in [-0.39, 0.29) is 18.9 Å². The number of halogens is 2. The van der Waals surface area contributed by atoms with E-state index in [2.05, 4.69) is 47.8 Å². The standard InChI is InChI=1S/C23H30F2N2O/c1-17-6-5-13-27(17)18(2)19-8-10-20(11-9-19)26-12-4-3-7-21(16-26)28-22-14-23(24,25)15-22/h3-7,12-13,16,18-20,22H,8-11,14-15H2,1-2H3/t18-,19?,20?/m1/s1. The SMILES string of the molecule is Cc1cccn1[C@H](C)C1CCC(N2C=CC=CC(OC3CC(F)(F)C3)=C2)CC1. The third-order valence-corrected chi connectivity index (χ3v) is 6.54. The number of hydrogen-bond acceptors (Lipinski definition) is 2. The van der Waals surface area contributed by atoms with Gasteiger partial charge in [-0.3, -0.25) is 0 Å². The van der Waals surface area contributed by atoms with Crippen molar-refractivity contribution in [2.24, 2.45) is 5.92 Å². The molecule has 0 spiro atoms. The van der Waals surface area contributed by atoms with Crippen molar-refractivity contribution >= 4 is 0 Å². The average molecular weight is 389 g/mol. The summed E-state index contributed by atoms with van der Waals surface area (Å²) in [5.41, 5.74) is 1.32. The Kier molecular flexibility index (Phi) is 5.35. The molecular formula is C23H30F2N2O. The Hall–Kier alpha value is -2.04. The first-order valence-corrected chi connectivity index (χ1v) is 10.4. The summed E-state index contributed by atoms with van der Waals surface area (Å²) in [5.74, 6) is -1.18. The minimum absolute atomic E-state index is 0.173. The molecule has 1 aromatic rings. The molecule has 1 aliphatic heterocycles. The monoisotopic (exact) mass is 388 g/mol. The van der Waals surface area contributed by atoms with E-state index in [1.807, 2.05) is 24.4 Å². The molecule has 3 aliphatic rings. The number of hydrogen-bond donors (Lipinski definition) is 0. The fourth-order valence-corrected chi connectivity index (χ4v) is 4.76. The average Bonchev–Trinajstić information content (AvgIpc) is 2.94. The summed E-state index contributed by atoms with van der Waals surface area (Å²) in [7, 11) is 0. The van der Waals surface area contributed by atoms with Crippen molar-refractivity contribution in [3.63, 3.8) is 0 Å². The number of alkyl halides is 2. The van der Waals surface area contributed by atoms with Crippen LogP contribution in [0, 0.1) is 12.8 Å². The molecule has 2 aliphatic carbocycles. The van der Waals surface area contributed by atoms with E-state index in [0.29, 0.717) is 23.8 Å². The lowest BCUT2D eigenvalue weighted by molar-refractivity contribution is -0.150. The second-order valence-electron chi connectivity index (χ2n) is 8.55. The highest BCUT2D eigenvalue weighted by Gasteiger charge is 2.47. The molecule has 1 atom stereocenters. The third-order valence-electron chi connectivity index (χ3n) is 6.54. The van der Waals surface area contributed by atoms with Crippen LogP contribution in [0.4, 0.5) is 8.78 Å². The molecule has 0 amide bonds. The third kappa shape index (κ3) is 4.18. The summed E-state index contributed by atoms with van der Waals surface area (Å²) in [4.78, 5) is 2.22. The predicted molar refractivity (Wildman–Crippen MR) is 107 cm³/mol. The molecule has 5 heteroatoms. The largest absolute Gasteiger partial charge is 0.488 e. The Balaban J connectivity index is 1.34. The Morgan fingerprint density at radius 1 is 1.14 bits per heavy atom. The van der Waals surface area contributed by atoms with Crippen LogP contribution in [-0.2, 0) is 4.74 Å². The zero-order valence-electron chi connectivity index (χ0n) is 16.7. The fourth-order valence-electron chi connectivity index (χ4n) is 4.76. The van der Waals surface area contributed by atoms with Crippen molar-refractivity contribution < 1.29 is 13.5 Å². The molecule has 3 nitrogen and oxygen atoms in total. The lowest BCUT2D eigenvalue weighted by Crippen LogP contribution is -2.41. The lowest BCUT2D eigenvalue weighted by atomic mass is 9.81. The molecule has 2 saturated carbocycles. The zero-order chi connectivity index (χ0) is 19.7. The van der Waals surface area contributed by atoms with Gasteiger partial charge in [0.2, 0.25) is 0 Å². The molecule has 2 heterocycles. The second kappa shape index (κ2) is 7.76. The first-order valence-electron chi connectivity index (χ1n) is 10.4. The normalized spacial score (nSPS) is 28.4. The van der Waals surface area contributed by atoms with Crippen LogP contribution in [0.5, 0.6) is 0 Å². The van der Waals surface area contributed by atoms with Crippen LogP contribution >= 0.6 is 0 Å². The maximum absolute atomic E-state index is 13.1. The van der Waals surface area contributed by atoms with Gasteiger partial charge in [0, 0.05) is 49.2 Å². The molecule has 0 saturated heterocycles. The summed E-state index contributed by atoms with van der Waals surface area (Å²) >= 11 is 0. The van der Waals surface area contributed by atoms with Gasteiger partial charge in [0.1, 0.15) is 11.9 Å². The quantitative estimate of drug-likeness (QED) is 0.619. The Labute approximate surface area is 166 Å². The lowest BCUT2D eigenvalue weighted by Gasteiger charge is -2.38. The molecule has 2 fully saturated rings. The van der Waals surface area contributed by atoms with Gasteiger partial charge in [-0.15, -0.1) is 0 Å². The van der Waals surface area contributed by atoms with Crippen LogP contribution in [0.2, 0.25) is 0 Å². The highest BCUT2D eigenvalue weighted by molar-refractivity contribution is 5.22. The van der Waals surface area contributed by atoms with Crippen molar-refractivity contribution in [2.75, 3.05) is 0 Å². The topological polar surface area (TPSA) is 17.4 Å². The molecule has 1 aromatic heterocycles. The molecule has 0 unspecified atom stereocenters.